The lowest BCUT2D eigenvalue weighted by atomic mass is 10.0. The van der Waals surface area contributed by atoms with Gasteiger partial charge in [0.2, 0.25) is 5.90 Å². The van der Waals surface area contributed by atoms with E-state index < -0.39 is 0 Å². The second-order valence-corrected chi connectivity index (χ2v) is 5.74. The number of hydrogen-bond acceptors (Lipinski definition) is 5. The van der Waals surface area contributed by atoms with Crippen LogP contribution in [0.4, 0.5) is 5.69 Å². The van der Waals surface area contributed by atoms with Crippen molar-refractivity contribution < 1.29 is 4.74 Å². The fourth-order valence-electron chi connectivity index (χ4n) is 3.00. The van der Waals surface area contributed by atoms with Crippen molar-refractivity contribution in [3.8, 4) is 6.07 Å². The van der Waals surface area contributed by atoms with Crippen LogP contribution in [-0.4, -0.2) is 17.5 Å². The lowest BCUT2D eigenvalue weighted by Crippen LogP contribution is -2.18. The van der Waals surface area contributed by atoms with Gasteiger partial charge in [-0.1, -0.05) is 36.4 Å². The second-order valence-electron chi connectivity index (χ2n) is 5.74. The molecule has 1 aliphatic rings. The van der Waals surface area contributed by atoms with Gasteiger partial charge in [-0.05, 0) is 30.5 Å². The first-order valence-corrected chi connectivity index (χ1v) is 8.38. The largest absolute Gasteiger partial charge is 0.477 e. The van der Waals surface area contributed by atoms with Crippen LogP contribution in [0, 0.1) is 11.3 Å². The Labute approximate surface area is 151 Å². The Morgan fingerprint density at radius 2 is 1.92 bits per heavy atom. The Hall–Kier alpha value is -3.65. The number of hydrogen-bond donors (Lipinski definition) is 1. The topological polar surface area (TPSA) is 70.3 Å². The first kappa shape index (κ1) is 15.9. The molecule has 4 rings (SSSR count). The molecule has 126 valence electrons. The maximum absolute atomic E-state index is 9.86. The second kappa shape index (κ2) is 6.69. The maximum Gasteiger partial charge on any atom is 0.224 e. The van der Waals surface area contributed by atoms with Crippen LogP contribution in [0.2, 0.25) is 0 Å². The number of pyridine rings is 1. The fourth-order valence-corrected chi connectivity index (χ4v) is 3.00. The molecular formula is C21H16N4O. The number of aliphatic imine (C=N–C) groups is 1. The van der Waals surface area contributed by atoms with Crippen molar-refractivity contribution in [2.75, 3.05) is 11.9 Å². The molecule has 26 heavy (non-hydrogen) atoms. The van der Waals surface area contributed by atoms with Gasteiger partial charge < -0.3 is 10.1 Å². The number of allylic oxidation sites excluding steroid dienone is 1. The maximum atomic E-state index is 9.86. The number of anilines is 1. The van der Waals surface area contributed by atoms with Crippen LogP contribution in [0.25, 0.3) is 16.3 Å². The molecule has 0 bridgehead atoms. The molecule has 0 saturated heterocycles. The number of nitrogens with zero attached hydrogens (tertiary/aromatic N) is 3. The molecule has 0 unspecified atom stereocenters. The summed E-state index contributed by atoms with van der Waals surface area (Å²) in [5.41, 5.74) is 2.72. The highest BCUT2D eigenvalue weighted by Gasteiger charge is 2.22. The Bertz CT molecular complexity index is 1090. The van der Waals surface area contributed by atoms with Crippen molar-refractivity contribution in [3.05, 3.63) is 77.9 Å². The Morgan fingerprint density at radius 1 is 1.12 bits per heavy atom. The van der Waals surface area contributed by atoms with Crippen LogP contribution in [0.3, 0.4) is 0 Å². The highest BCUT2D eigenvalue weighted by atomic mass is 16.5. The summed E-state index contributed by atoms with van der Waals surface area (Å²) < 4.78 is 5.70. The van der Waals surface area contributed by atoms with Crippen molar-refractivity contribution in [3.63, 3.8) is 0 Å². The van der Waals surface area contributed by atoms with Crippen molar-refractivity contribution in [1.29, 1.82) is 5.26 Å². The molecule has 0 fully saturated rings. The minimum Gasteiger partial charge on any atom is -0.477 e. The minimum absolute atomic E-state index is 0.383. The predicted octanol–water partition coefficient (Wildman–Crippen LogP) is 4.34. The first-order valence-electron chi connectivity index (χ1n) is 8.38. The van der Waals surface area contributed by atoms with E-state index >= 15 is 0 Å². The number of aromatic nitrogens is 1. The molecule has 0 radical (unpaired) electrons. The van der Waals surface area contributed by atoms with E-state index in [9.17, 15) is 5.26 Å². The summed E-state index contributed by atoms with van der Waals surface area (Å²) in [5, 5.41) is 15.0. The van der Waals surface area contributed by atoms with Crippen LogP contribution in [0.1, 0.15) is 18.2 Å². The van der Waals surface area contributed by atoms with Crippen LogP contribution in [0.15, 0.2) is 71.6 Å². The molecule has 1 aliphatic heterocycles. The first-order chi connectivity index (χ1) is 12.8. The van der Waals surface area contributed by atoms with Gasteiger partial charge in [-0.3, -0.25) is 4.98 Å². The number of benzene rings is 2. The summed E-state index contributed by atoms with van der Waals surface area (Å²) >= 11 is 0. The average molecular weight is 340 g/mol. The van der Waals surface area contributed by atoms with Gasteiger partial charge >= 0.3 is 0 Å². The lowest BCUT2D eigenvalue weighted by Gasteiger charge is -2.21. The molecule has 0 amide bonds. The Kier molecular flexibility index (Phi) is 4.08. The summed E-state index contributed by atoms with van der Waals surface area (Å²) in [6, 6.07) is 19.8. The Balaban J connectivity index is 1.94. The number of nitriles is 1. The number of ether oxygens (including phenoxy) is 1. The zero-order valence-electron chi connectivity index (χ0n) is 14.2. The Morgan fingerprint density at radius 3 is 2.77 bits per heavy atom. The number of fused-ring (bicyclic) bond motifs is 2. The third-order valence-corrected chi connectivity index (χ3v) is 4.16. The minimum atomic E-state index is 0.383. The van der Waals surface area contributed by atoms with Gasteiger partial charge in [0.05, 0.1) is 23.6 Å². The fraction of sp³-hybridized carbons (Fsp3) is 0.0952. The third kappa shape index (κ3) is 2.68. The molecule has 2 heterocycles. The van der Waals surface area contributed by atoms with Crippen LogP contribution >= 0.6 is 0 Å². The molecule has 1 aromatic heterocycles. The average Bonchev–Trinajstić information content (AvgIpc) is 2.69. The summed E-state index contributed by atoms with van der Waals surface area (Å²) in [7, 11) is 0. The molecule has 1 N–H and O–H groups in total. The van der Waals surface area contributed by atoms with Gasteiger partial charge in [0, 0.05) is 11.6 Å². The molecule has 2 aromatic carbocycles. The van der Waals surface area contributed by atoms with Gasteiger partial charge in [0.25, 0.3) is 0 Å². The van der Waals surface area contributed by atoms with Crippen molar-refractivity contribution >= 4 is 27.9 Å². The number of nitrogens with one attached hydrogen (secondary N) is 1. The van der Waals surface area contributed by atoms with E-state index in [1.165, 1.54) is 0 Å². The zero-order chi connectivity index (χ0) is 17.9. The van der Waals surface area contributed by atoms with E-state index in [0.29, 0.717) is 29.6 Å². The van der Waals surface area contributed by atoms with Crippen molar-refractivity contribution in [2.24, 2.45) is 4.99 Å². The molecule has 0 saturated carbocycles. The van der Waals surface area contributed by atoms with Gasteiger partial charge in [-0.15, -0.1) is 0 Å². The van der Waals surface area contributed by atoms with Gasteiger partial charge in [-0.25, -0.2) is 0 Å². The predicted molar refractivity (Wildman–Crippen MR) is 103 cm³/mol. The van der Waals surface area contributed by atoms with E-state index in [1.54, 1.807) is 6.20 Å². The smallest absolute Gasteiger partial charge is 0.224 e. The van der Waals surface area contributed by atoms with Gasteiger partial charge in [0.15, 0.2) is 5.82 Å². The quantitative estimate of drug-likeness (QED) is 0.705. The monoisotopic (exact) mass is 340 g/mol. The molecule has 0 spiro atoms. The highest BCUT2D eigenvalue weighted by molar-refractivity contribution is 6.05. The van der Waals surface area contributed by atoms with Crippen LogP contribution in [-0.2, 0) is 4.74 Å². The van der Waals surface area contributed by atoms with Crippen LogP contribution < -0.4 is 5.32 Å². The van der Waals surface area contributed by atoms with Crippen molar-refractivity contribution in [1.82, 2.24) is 4.98 Å². The third-order valence-electron chi connectivity index (χ3n) is 4.16. The van der Waals surface area contributed by atoms with Gasteiger partial charge in [0.1, 0.15) is 11.6 Å². The normalized spacial score (nSPS) is 14.7. The summed E-state index contributed by atoms with van der Waals surface area (Å²) in [5.74, 6) is 0.948. The number of rotatable bonds is 2. The van der Waals surface area contributed by atoms with E-state index in [2.05, 4.69) is 21.4 Å². The van der Waals surface area contributed by atoms with E-state index in [-0.39, 0.29) is 0 Å². The molecule has 3 aromatic rings. The molecule has 0 atom stereocenters. The summed E-state index contributed by atoms with van der Waals surface area (Å²) in [6.45, 7) is 2.41. The molecule has 5 heteroatoms. The SMILES string of the molecule is CCOC1=N/C(=C(\C#N)c2nccc3ccccc23)Nc2ccccc21. The lowest BCUT2D eigenvalue weighted by molar-refractivity contribution is 0.328. The summed E-state index contributed by atoms with van der Waals surface area (Å²) in [4.78, 5) is 9.02. The standard InChI is InChI=1S/C21H16N4O/c1-2-26-21-16-9-5-6-10-18(16)24-20(25-21)17(13-22)19-15-8-4-3-7-14(15)11-12-23-19/h3-12,24H,2H2,1H3/b20-17+. The van der Waals surface area contributed by atoms with E-state index in [1.807, 2.05) is 61.5 Å². The van der Waals surface area contributed by atoms with E-state index in [0.717, 1.165) is 22.0 Å². The zero-order valence-corrected chi connectivity index (χ0v) is 14.2. The van der Waals surface area contributed by atoms with Crippen LogP contribution in [0.5, 0.6) is 0 Å². The highest BCUT2D eigenvalue weighted by Crippen LogP contribution is 2.30. The molecule has 5 nitrogen and oxygen atoms in total. The molecule has 0 aliphatic carbocycles. The molecular weight excluding hydrogens is 324 g/mol. The summed E-state index contributed by atoms with van der Waals surface area (Å²) in [6.07, 6.45) is 1.71. The van der Waals surface area contributed by atoms with Crippen molar-refractivity contribution in [2.45, 2.75) is 6.92 Å². The van der Waals surface area contributed by atoms with E-state index in [4.69, 9.17) is 4.74 Å². The number of para-hydroxylation sites is 1. The van der Waals surface area contributed by atoms with Gasteiger partial charge in [-0.2, -0.15) is 10.3 Å².